The Labute approximate surface area is 206 Å². The SMILES string of the molecule is Cc1ccc(-n2c(C(C)N(C)S(=O)(=O)c3ccc(C(F)(F)F)cc3)nc3ccccc3c2=O)c(C)c1. The van der Waals surface area contributed by atoms with Gasteiger partial charge in [-0.25, -0.2) is 13.4 Å². The molecule has 0 radical (unpaired) electrons. The maximum atomic E-state index is 13.6. The molecule has 188 valence electrons. The predicted octanol–water partition coefficient (Wildman–Crippen LogP) is 5.40. The molecular formula is C26H24F3N3O3S. The smallest absolute Gasteiger partial charge is 0.268 e. The second kappa shape index (κ2) is 9.18. The minimum absolute atomic E-state index is 0.184. The van der Waals surface area contributed by atoms with Crippen LogP contribution in [0.25, 0.3) is 16.6 Å². The highest BCUT2D eigenvalue weighted by molar-refractivity contribution is 7.89. The fourth-order valence-corrected chi connectivity index (χ4v) is 5.40. The van der Waals surface area contributed by atoms with Crippen molar-refractivity contribution in [3.8, 4) is 5.69 Å². The van der Waals surface area contributed by atoms with Crippen LogP contribution in [0.3, 0.4) is 0 Å². The molecule has 6 nitrogen and oxygen atoms in total. The fraction of sp³-hybridized carbons (Fsp3) is 0.231. The van der Waals surface area contributed by atoms with Crippen LogP contribution in [0.4, 0.5) is 13.2 Å². The topological polar surface area (TPSA) is 72.3 Å². The van der Waals surface area contributed by atoms with E-state index in [1.165, 1.54) is 11.6 Å². The number of aromatic nitrogens is 2. The molecule has 0 saturated carbocycles. The second-order valence-corrected chi connectivity index (χ2v) is 10.6. The number of hydrogen-bond acceptors (Lipinski definition) is 4. The first-order valence-electron chi connectivity index (χ1n) is 11.1. The van der Waals surface area contributed by atoms with E-state index in [-0.39, 0.29) is 16.3 Å². The molecule has 0 fully saturated rings. The van der Waals surface area contributed by atoms with E-state index in [2.05, 4.69) is 4.98 Å². The largest absolute Gasteiger partial charge is 0.416 e. The number of fused-ring (bicyclic) bond motifs is 1. The van der Waals surface area contributed by atoms with E-state index >= 15 is 0 Å². The van der Waals surface area contributed by atoms with Crippen LogP contribution >= 0.6 is 0 Å². The molecule has 1 heterocycles. The second-order valence-electron chi connectivity index (χ2n) is 8.64. The Morgan fingerprint density at radius 1 is 0.972 bits per heavy atom. The molecule has 0 aliphatic rings. The molecule has 0 spiro atoms. The van der Waals surface area contributed by atoms with Crippen LogP contribution in [0.15, 0.2) is 76.4 Å². The third kappa shape index (κ3) is 4.54. The maximum Gasteiger partial charge on any atom is 0.416 e. The molecule has 0 saturated heterocycles. The molecule has 0 amide bonds. The summed E-state index contributed by atoms with van der Waals surface area (Å²) in [6.07, 6.45) is -4.58. The third-order valence-corrected chi connectivity index (χ3v) is 8.11. The van der Waals surface area contributed by atoms with Gasteiger partial charge in [-0.2, -0.15) is 17.5 Å². The van der Waals surface area contributed by atoms with Crippen molar-refractivity contribution in [1.29, 1.82) is 0 Å². The number of nitrogens with zero attached hydrogens (tertiary/aromatic N) is 3. The highest BCUT2D eigenvalue weighted by atomic mass is 32.2. The van der Waals surface area contributed by atoms with E-state index in [0.29, 0.717) is 16.6 Å². The van der Waals surface area contributed by atoms with Crippen molar-refractivity contribution in [1.82, 2.24) is 13.9 Å². The zero-order valence-electron chi connectivity index (χ0n) is 20.0. The lowest BCUT2D eigenvalue weighted by Crippen LogP contribution is -2.35. The van der Waals surface area contributed by atoms with Gasteiger partial charge in [0, 0.05) is 7.05 Å². The van der Waals surface area contributed by atoms with Gasteiger partial charge in [0.05, 0.1) is 33.1 Å². The number of rotatable bonds is 5. The number of alkyl halides is 3. The molecule has 36 heavy (non-hydrogen) atoms. The van der Waals surface area contributed by atoms with Gasteiger partial charge in [-0.3, -0.25) is 9.36 Å². The first-order valence-corrected chi connectivity index (χ1v) is 12.5. The van der Waals surface area contributed by atoms with Gasteiger partial charge < -0.3 is 0 Å². The van der Waals surface area contributed by atoms with Crippen LogP contribution in [0.2, 0.25) is 0 Å². The van der Waals surface area contributed by atoms with Crippen LogP contribution in [0.1, 0.15) is 35.5 Å². The van der Waals surface area contributed by atoms with E-state index in [9.17, 15) is 26.4 Å². The van der Waals surface area contributed by atoms with Gasteiger partial charge in [0.15, 0.2) is 0 Å². The molecule has 3 aromatic carbocycles. The normalized spacial score (nSPS) is 13.3. The van der Waals surface area contributed by atoms with Crippen LogP contribution in [0, 0.1) is 13.8 Å². The monoisotopic (exact) mass is 515 g/mol. The Balaban J connectivity index is 1.87. The summed E-state index contributed by atoms with van der Waals surface area (Å²) >= 11 is 0. The minimum atomic E-state index is -4.58. The quantitative estimate of drug-likeness (QED) is 0.357. The highest BCUT2D eigenvalue weighted by Gasteiger charge is 2.33. The standard InChI is InChI=1S/C26H24F3N3O3S/c1-16-9-14-23(17(2)15-16)32-24(30-22-8-6-5-7-21(22)25(32)33)18(3)31(4)36(34,35)20-12-10-19(11-13-20)26(27,28)29/h5-15,18H,1-4H3. The number of sulfonamides is 1. The van der Waals surface area contributed by atoms with E-state index in [4.69, 9.17) is 0 Å². The lowest BCUT2D eigenvalue weighted by molar-refractivity contribution is -0.137. The number of benzene rings is 3. The van der Waals surface area contributed by atoms with E-state index in [0.717, 1.165) is 39.7 Å². The summed E-state index contributed by atoms with van der Waals surface area (Å²) in [5.41, 5.74) is 1.47. The van der Waals surface area contributed by atoms with Gasteiger partial charge in [0.25, 0.3) is 5.56 Å². The first-order chi connectivity index (χ1) is 16.8. The average Bonchev–Trinajstić information content (AvgIpc) is 2.83. The zero-order chi connectivity index (χ0) is 26.4. The summed E-state index contributed by atoms with van der Waals surface area (Å²) in [7, 11) is -2.91. The van der Waals surface area contributed by atoms with Gasteiger partial charge in [-0.05, 0) is 68.8 Å². The molecular weight excluding hydrogens is 491 g/mol. The lowest BCUT2D eigenvalue weighted by Gasteiger charge is -2.27. The first kappa shape index (κ1) is 25.6. The minimum Gasteiger partial charge on any atom is -0.268 e. The molecule has 1 atom stereocenters. The van der Waals surface area contributed by atoms with Crippen molar-refractivity contribution in [2.75, 3.05) is 7.05 Å². The summed E-state index contributed by atoms with van der Waals surface area (Å²) in [6, 6.07) is 14.7. The Hall–Kier alpha value is -3.50. The maximum absolute atomic E-state index is 13.6. The van der Waals surface area contributed by atoms with Crippen molar-refractivity contribution >= 4 is 20.9 Å². The molecule has 0 N–H and O–H groups in total. The van der Waals surface area contributed by atoms with Gasteiger partial charge in [-0.15, -0.1) is 0 Å². The Morgan fingerprint density at radius 3 is 2.22 bits per heavy atom. The molecule has 0 aliphatic carbocycles. The molecule has 4 aromatic rings. The molecule has 1 aromatic heterocycles. The van der Waals surface area contributed by atoms with Crippen molar-refractivity contribution in [2.45, 2.75) is 37.9 Å². The number of para-hydroxylation sites is 1. The van der Waals surface area contributed by atoms with Gasteiger partial charge >= 0.3 is 6.18 Å². The number of halogens is 3. The van der Waals surface area contributed by atoms with E-state index in [1.54, 1.807) is 37.3 Å². The zero-order valence-corrected chi connectivity index (χ0v) is 20.9. The third-order valence-electron chi connectivity index (χ3n) is 6.17. The molecule has 0 bridgehead atoms. The molecule has 10 heteroatoms. The van der Waals surface area contributed by atoms with Crippen molar-refractivity contribution < 1.29 is 21.6 Å². The number of hydrogen-bond donors (Lipinski definition) is 0. The summed E-state index contributed by atoms with van der Waals surface area (Å²) in [5.74, 6) is 0.184. The van der Waals surface area contributed by atoms with Gasteiger partial charge in [-0.1, -0.05) is 29.8 Å². The van der Waals surface area contributed by atoms with Crippen molar-refractivity contribution in [2.24, 2.45) is 0 Å². The lowest BCUT2D eigenvalue weighted by atomic mass is 10.1. The summed E-state index contributed by atoms with van der Waals surface area (Å²) in [4.78, 5) is 18.0. The fourth-order valence-electron chi connectivity index (χ4n) is 4.07. The predicted molar refractivity (Wildman–Crippen MR) is 132 cm³/mol. The Morgan fingerprint density at radius 2 is 1.61 bits per heavy atom. The van der Waals surface area contributed by atoms with E-state index < -0.39 is 27.8 Å². The van der Waals surface area contributed by atoms with Crippen molar-refractivity contribution in [3.05, 3.63) is 99.6 Å². The van der Waals surface area contributed by atoms with E-state index in [1.807, 2.05) is 26.0 Å². The van der Waals surface area contributed by atoms with Crippen molar-refractivity contribution in [3.63, 3.8) is 0 Å². The Bertz CT molecular complexity index is 1610. The van der Waals surface area contributed by atoms with Gasteiger partial charge in [0.2, 0.25) is 10.0 Å². The van der Waals surface area contributed by atoms with Gasteiger partial charge in [0.1, 0.15) is 5.82 Å². The Kier molecular flexibility index (Phi) is 6.52. The highest BCUT2D eigenvalue weighted by Crippen LogP contribution is 2.32. The molecule has 0 aliphatic heterocycles. The van der Waals surface area contributed by atoms with Crippen LogP contribution < -0.4 is 5.56 Å². The number of aryl methyl sites for hydroxylation is 2. The summed E-state index contributed by atoms with van der Waals surface area (Å²) in [5, 5.41) is 0.377. The van der Waals surface area contributed by atoms with Crippen LogP contribution in [-0.4, -0.2) is 29.3 Å². The van der Waals surface area contributed by atoms with Crippen LogP contribution in [-0.2, 0) is 16.2 Å². The molecule has 1 unspecified atom stereocenters. The average molecular weight is 516 g/mol. The van der Waals surface area contributed by atoms with Crippen LogP contribution in [0.5, 0.6) is 0 Å². The molecule has 4 rings (SSSR count). The summed E-state index contributed by atoms with van der Waals surface area (Å²) in [6.45, 7) is 5.35. The summed E-state index contributed by atoms with van der Waals surface area (Å²) < 4.78 is 68.0.